The molecule has 5 heteroatoms. The lowest BCUT2D eigenvalue weighted by atomic mass is 9.98. The van der Waals surface area contributed by atoms with Gasteiger partial charge in [0.25, 0.3) is 0 Å². The zero-order chi connectivity index (χ0) is 16.4. The Kier molecular flexibility index (Phi) is 4.78. The first-order valence-electron chi connectivity index (χ1n) is 8.33. The molecule has 0 unspecified atom stereocenters. The summed E-state index contributed by atoms with van der Waals surface area (Å²) in [6.07, 6.45) is 2.38. The van der Waals surface area contributed by atoms with E-state index >= 15 is 0 Å². The first kappa shape index (κ1) is 16.1. The minimum Gasteiger partial charge on any atom is -0.338 e. The Morgan fingerprint density at radius 3 is 2.74 bits per heavy atom. The summed E-state index contributed by atoms with van der Waals surface area (Å²) in [6, 6.07) is 9.41. The van der Waals surface area contributed by atoms with Crippen LogP contribution < -0.4 is 0 Å². The van der Waals surface area contributed by atoms with Gasteiger partial charge in [0.2, 0.25) is 11.7 Å². The molecule has 5 nitrogen and oxygen atoms in total. The van der Waals surface area contributed by atoms with E-state index in [4.69, 9.17) is 4.52 Å². The van der Waals surface area contributed by atoms with E-state index in [1.165, 1.54) is 18.4 Å². The highest BCUT2D eigenvalue weighted by atomic mass is 16.5. The van der Waals surface area contributed by atoms with Crippen LogP contribution in [-0.4, -0.2) is 52.7 Å². The lowest BCUT2D eigenvalue weighted by Crippen LogP contribution is -2.46. The van der Waals surface area contributed by atoms with E-state index in [0.717, 1.165) is 12.1 Å². The van der Waals surface area contributed by atoms with Crippen molar-refractivity contribution in [2.75, 3.05) is 20.6 Å². The van der Waals surface area contributed by atoms with Crippen LogP contribution in [0.5, 0.6) is 0 Å². The van der Waals surface area contributed by atoms with E-state index in [0.29, 0.717) is 30.3 Å². The molecule has 1 aliphatic heterocycles. The largest absolute Gasteiger partial charge is 0.338 e. The molecule has 1 aromatic carbocycles. The van der Waals surface area contributed by atoms with Crippen molar-refractivity contribution in [2.24, 2.45) is 0 Å². The lowest BCUT2D eigenvalue weighted by Gasteiger charge is -2.38. The smallest absolute Gasteiger partial charge is 0.241 e. The van der Waals surface area contributed by atoms with Crippen molar-refractivity contribution < 1.29 is 4.52 Å². The number of rotatable bonds is 4. The van der Waals surface area contributed by atoms with Gasteiger partial charge in [-0.1, -0.05) is 35.0 Å². The molecule has 3 rings (SSSR count). The maximum atomic E-state index is 5.45. The van der Waals surface area contributed by atoms with Crippen molar-refractivity contribution >= 4 is 0 Å². The van der Waals surface area contributed by atoms with Gasteiger partial charge in [0.1, 0.15) is 0 Å². The van der Waals surface area contributed by atoms with Gasteiger partial charge in [0, 0.05) is 17.6 Å². The average molecular weight is 314 g/mol. The van der Waals surface area contributed by atoms with Crippen LogP contribution in [0.3, 0.4) is 0 Å². The quantitative estimate of drug-likeness (QED) is 0.868. The standard InChI is InChI=1S/C18H26N4O/c1-13-5-7-15(8-6-13)18-19-17(23-20-18)12-22(4)16-9-10-21(3)14(2)11-16/h5-8,14,16H,9-12H2,1-4H3/t14-,16+/m0/s1. The van der Waals surface area contributed by atoms with Gasteiger partial charge in [-0.05, 0) is 47.3 Å². The molecule has 124 valence electrons. The highest BCUT2D eigenvalue weighted by Crippen LogP contribution is 2.22. The second-order valence-electron chi connectivity index (χ2n) is 6.80. The summed E-state index contributed by atoms with van der Waals surface area (Å²) < 4.78 is 5.45. The van der Waals surface area contributed by atoms with Gasteiger partial charge in [0.05, 0.1) is 6.54 Å². The molecular weight excluding hydrogens is 288 g/mol. The van der Waals surface area contributed by atoms with Crippen molar-refractivity contribution in [3.05, 3.63) is 35.7 Å². The van der Waals surface area contributed by atoms with Crippen LogP contribution in [0.4, 0.5) is 0 Å². The maximum absolute atomic E-state index is 5.45. The average Bonchev–Trinajstić information content (AvgIpc) is 2.99. The summed E-state index contributed by atoms with van der Waals surface area (Å²) in [6.45, 7) is 6.22. The van der Waals surface area contributed by atoms with Crippen LogP contribution >= 0.6 is 0 Å². The normalized spacial score (nSPS) is 22.7. The molecule has 0 saturated carbocycles. The number of aromatic nitrogens is 2. The van der Waals surface area contributed by atoms with E-state index in [1.807, 2.05) is 12.1 Å². The van der Waals surface area contributed by atoms with Crippen LogP contribution in [0, 0.1) is 6.92 Å². The molecule has 2 aromatic rings. The number of benzene rings is 1. The molecular formula is C18H26N4O. The molecule has 0 N–H and O–H groups in total. The predicted molar refractivity (Wildman–Crippen MR) is 91.1 cm³/mol. The van der Waals surface area contributed by atoms with Crippen LogP contribution in [0.25, 0.3) is 11.4 Å². The van der Waals surface area contributed by atoms with Crippen molar-refractivity contribution in [1.29, 1.82) is 0 Å². The highest BCUT2D eigenvalue weighted by molar-refractivity contribution is 5.54. The zero-order valence-electron chi connectivity index (χ0n) is 14.5. The Hall–Kier alpha value is -1.72. The Balaban J connectivity index is 1.63. The first-order chi connectivity index (χ1) is 11.0. The van der Waals surface area contributed by atoms with Crippen molar-refractivity contribution in [3.63, 3.8) is 0 Å². The Morgan fingerprint density at radius 2 is 2.04 bits per heavy atom. The molecule has 1 aliphatic rings. The van der Waals surface area contributed by atoms with Gasteiger partial charge in [-0.25, -0.2) is 0 Å². The van der Waals surface area contributed by atoms with E-state index < -0.39 is 0 Å². The highest BCUT2D eigenvalue weighted by Gasteiger charge is 2.26. The zero-order valence-corrected chi connectivity index (χ0v) is 14.5. The van der Waals surface area contributed by atoms with E-state index in [-0.39, 0.29) is 0 Å². The third-order valence-electron chi connectivity index (χ3n) is 4.97. The first-order valence-corrected chi connectivity index (χ1v) is 8.33. The number of likely N-dealkylation sites (tertiary alicyclic amines) is 1. The van der Waals surface area contributed by atoms with Crippen LogP contribution in [-0.2, 0) is 6.54 Å². The molecule has 23 heavy (non-hydrogen) atoms. The fourth-order valence-electron chi connectivity index (χ4n) is 3.15. The molecule has 0 amide bonds. The lowest BCUT2D eigenvalue weighted by molar-refractivity contribution is 0.0938. The molecule has 2 atom stereocenters. The third-order valence-corrected chi connectivity index (χ3v) is 4.97. The Bertz CT molecular complexity index is 637. The van der Waals surface area contributed by atoms with Gasteiger partial charge < -0.3 is 9.42 Å². The van der Waals surface area contributed by atoms with Crippen LogP contribution in [0.2, 0.25) is 0 Å². The fourth-order valence-corrected chi connectivity index (χ4v) is 3.15. The van der Waals surface area contributed by atoms with Gasteiger partial charge in [0.15, 0.2) is 0 Å². The summed E-state index contributed by atoms with van der Waals surface area (Å²) in [5.41, 5.74) is 2.23. The molecule has 1 fully saturated rings. The summed E-state index contributed by atoms with van der Waals surface area (Å²) in [5, 5.41) is 4.12. The van der Waals surface area contributed by atoms with Gasteiger partial charge in [-0.2, -0.15) is 4.98 Å². The van der Waals surface area contributed by atoms with Gasteiger partial charge in [-0.15, -0.1) is 0 Å². The summed E-state index contributed by atoms with van der Waals surface area (Å²) >= 11 is 0. The van der Waals surface area contributed by atoms with E-state index in [1.54, 1.807) is 0 Å². The number of aryl methyl sites for hydroxylation is 1. The topological polar surface area (TPSA) is 45.4 Å². The second kappa shape index (κ2) is 6.81. The Labute approximate surface area is 138 Å². The molecule has 1 saturated heterocycles. The molecule has 0 spiro atoms. The van der Waals surface area contributed by atoms with Crippen molar-refractivity contribution in [2.45, 2.75) is 45.3 Å². The van der Waals surface area contributed by atoms with Crippen molar-refractivity contribution in [1.82, 2.24) is 19.9 Å². The summed E-state index contributed by atoms with van der Waals surface area (Å²) in [7, 11) is 4.35. The monoisotopic (exact) mass is 314 g/mol. The number of hydrogen-bond acceptors (Lipinski definition) is 5. The van der Waals surface area contributed by atoms with Gasteiger partial charge in [-0.3, -0.25) is 4.90 Å². The minimum absolute atomic E-state index is 0.580. The van der Waals surface area contributed by atoms with Gasteiger partial charge >= 0.3 is 0 Å². The predicted octanol–water partition coefficient (Wildman–Crippen LogP) is 2.96. The summed E-state index contributed by atoms with van der Waals surface area (Å²) in [4.78, 5) is 9.32. The second-order valence-corrected chi connectivity index (χ2v) is 6.80. The minimum atomic E-state index is 0.580. The molecule has 0 aliphatic carbocycles. The maximum Gasteiger partial charge on any atom is 0.241 e. The molecule has 1 aromatic heterocycles. The third kappa shape index (κ3) is 3.79. The molecule has 0 radical (unpaired) electrons. The Morgan fingerprint density at radius 1 is 1.30 bits per heavy atom. The van der Waals surface area contributed by atoms with E-state index in [2.05, 4.69) is 60.0 Å². The molecule has 2 heterocycles. The number of hydrogen-bond donors (Lipinski definition) is 0. The fraction of sp³-hybridized carbons (Fsp3) is 0.556. The summed E-state index contributed by atoms with van der Waals surface area (Å²) in [5.74, 6) is 1.36. The number of piperidine rings is 1. The van der Waals surface area contributed by atoms with Crippen LogP contribution in [0.1, 0.15) is 31.2 Å². The van der Waals surface area contributed by atoms with Crippen molar-refractivity contribution in [3.8, 4) is 11.4 Å². The van der Waals surface area contributed by atoms with Crippen LogP contribution in [0.15, 0.2) is 28.8 Å². The molecule has 0 bridgehead atoms. The SMILES string of the molecule is Cc1ccc(-c2noc(CN(C)[C@@H]3CCN(C)[C@@H](C)C3)n2)cc1. The van der Waals surface area contributed by atoms with E-state index in [9.17, 15) is 0 Å². The number of nitrogens with zero attached hydrogens (tertiary/aromatic N) is 4.